The largest absolute Gasteiger partial charge is 0.465 e. The molecule has 0 radical (unpaired) electrons. The Morgan fingerprint density at radius 1 is 1.29 bits per heavy atom. The normalized spacial score (nSPS) is 11.0. The van der Waals surface area contributed by atoms with E-state index < -0.39 is 0 Å². The summed E-state index contributed by atoms with van der Waals surface area (Å²) in [6, 6.07) is 4.00. The van der Waals surface area contributed by atoms with Crippen LogP contribution in [0.1, 0.15) is 22.9 Å². The fraction of sp³-hybridized carbons (Fsp3) is 0.462. The van der Waals surface area contributed by atoms with E-state index in [4.69, 9.17) is 4.42 Å². The second kappa shape index (κ2) is 5.19. The van der Waals surface area contributed by atoms with Crippen LogP contribution in [0.15, 0.2) is 22.9 Å². The molecule has 1 N–H and O–H groups in total. The van der Waals surface area contributed by atoms with Crippen LogP contribution in [0.3, 0.4) is 0 Å². The van der Waals surface area contributed by atoms with E-state index in [0.29, 0.717) is 0 Å². The second-order valence-corrected chi connectivity index (χ2v) is 4.30. The smallest absolute Gasteiger partial charge is 0.117 e. The minimum atomic E-state index is 0.778. The van der Waals surface area contributed by atoms with Crippen LogP contribution in [-0.4, -0.2) is 16.1 Å². The van der Waals surface area contributed by atoms with Crippen molar-refractivity contribution in [1.82, 2.24) is 14.9 Å². The average molecular weight is 233 g/mol. The fourth-order valence-electron chi connectivity index (χ4n) is 1.76. The molecule has 0 aliphatic rings. The third kappa shape index (κ3) is 2.97. The number of aromatic nitrogens is 2. The number of imidazole rings is 1. The maximum atomic E-state index is 5.48. The summed E-state index contributed by atoms with van der Waals surface area (Å²) >= 11 is 0. The summed E-state index contributed by atoms with van der Waals surface area (Å²) in [6.45, 7) is 8.72. The van der Waals surface area contributed by atoms with Crippen LogP contribution < -0.4 is 5.32 Å². The van der Waals surface area contributed by atoms with E-state index in [-0.39, 0.29) is 0 Å². The number of nitrogens with one attached hydrogen (secondary N) is 1. The van der Waals surface area contributed by atoms with Crippen molar-refractivity contribution < 1.29 is 4.42 Å². The monoisotopic (exact) mass is 233 g/mol. The van der Waals surface area contributed by atoms with Crippen LogP contribution in [0.4, 0.5) is 0 Å². The van der Waals surface area contributed by atoms with Gasteiger partial charge in [0.2, 0.25) is 0 Å². The Hall–Kier alpha value is -1.55. The van der Waals surface area contributed by atoms with Crippen molar-refractivity contribution >= 4 is 0 Å². The lowest BCUT2D eigenvalue weighted by molar-refractivity contribution is 0.456. The zero-order valence-corrected chi connectivity index (χ0v) is 10.7. The predicted molar refractivity (Wildman–Crippen MR) is 66.9 cm³/mol. The van der Waals surface area contributed by atoms with Crippen molar-refractivity contribution in [2.24, 2.45) is 0 Å². The lowest BCUT2D eigenvalue weighted by Gasteiger charge is -2.06. The Morgan fingerprint density at radius 2 is 2.12 bits per heavy atom. The van der Waals surface area contributed by atoms with Crippen molar-refractivity contribution in [1.29, 1.82) is 0 Å². The van der Waals surface area contributed by atoms with Crippen molar-refractivity contribution in [2.75, 3.05) is 6.54 Å². The lowest BCUT2D eigenvalue weighted by Crippen LogP contribution is -2.19. The molecule has 0 saturated carbocycles. The minimum absolute atomic E-state index is 0.778. The Morgan fingerprint density at radius 3 is 2.71 bits per heavy atom. The highest BCUT2D eigenvalue weighted by Gasteiger charge is 2.01. The van der Waals surface area contributed by atoms with Crippen molar-refractivity contribution in [3.8, 4) is 0 Å². The lowest BCUT2D eigenvalue weighted by atomic mass is 10.4. The van der Waals surface area contributed by atoms with E-state index in [9.17, 15) is 0 Å². The van der Waals surface area contributed by atoms with Gasteiger partial charge in [0, 0.05) is 18.8 Å². The molecule has 2 aromatic heterocycles. The molecule has 0 atom stereocenters. The molecule has 0 unspecified atom stereocenters. The van der Waals surface area contributed by atoms with E-state index >= 15 is 0 Å². The summed E-state index contributed by atoms with van der Waals surface area (Å²) in [6.07, 6.45) is 1.89. The van der Waals surface area contributed by atoms with E-state index in [1.165, 1.54) is 5.69 Å². The van der Waals surface area contributed by atoms with E-state index in [1.54, 1.807) is 0 Å². The first-order valence-corrected chi connectivity index (χ1v) is 5.91. The highest BCUT2D eigenvalue weighted by Crippen LogP contribution is 2.06. The molecule has 0 spiro atoms. The van der Waals surface area contributed by atoms with Crippen LogP contribution in [0.25, 0.3) is 0 Å². The third-order valence-corrected chi connectivity index (χ3v) is 2.97. The number of aryl methyl sites for hydroxylation is 2. The molecule has 0 aliphatic carbocycles. The highest BCUT2D eigenvalue weighted by molar-refractivity contribution is 5.08. The molecule has 2 aromatic rings. The van der Waals surface area contributed by atoms with Crippen molar-refractivity contribution in [3.05, 3.63) is 41.4 Å². The first-order chi connectivity index (χ1) is 8.16. The van der Waals surface area contributed by atoms with Crippen LogP contribution in [-0.2, 0) is 13.1 Å². The van der Waals surface area contributed by atoms with E-state index in [0.717, 1.165) is 36.8 Å². The van der Waals surface area contributed by atoms with E-state index in [2.05, 4.69) is 21.8 Å². The van der Waals surface area contributed by atoms with Gasteiger partial charge in [-0.3, -0.25) is 0 Å². The Bertz CT molecular complexity index is 485. The number of rotatable bonds is 5. The SMILES string of the molecule is Cc1ccc(CNCCn2cnc(C)c2C)o1. The molecule has 0 aliphatic heterocycles. The molecule has 2 rings (SSSR count). The van der Waals surface area contributed by atoms with Gasteiger partial charge in [0.05, 0.1) is 18.6 Å². The fourth-order valence-corrected chi connectivity index (χ4v) is 1.76. The molecule has 0 aromatic carbocycles. The van der Waals surface area contributed by atoms with Crippen molar-refractivity contribution in [2.45, 2.75) is 33.9 Å². The highest BCUT2D eigenvalue weighted by atomic mass is 16.3. The van der Waals surface area contributed by atoms with Crippen LogP contribution in [0.2, 0.25) is 0 Å². The molecule has 0 bridgehead atoms. The Balaban J connectivity index is 1.75. The number of hydrogen-bond donors (Lipinski definition) is 1. The minimum Gasteiger partial charge on any atom is -0.465 e. The van der Waals surface area contributed by atoms with Gasteiger partial charge in [-0.2, -0.15) is 0 Å². The Kier molecular flexibility index (Phi) is 3.64. The average Bonchev–Trinajstić information content (AvgIpc) is 2.84. The first kappa shape index (κ1) is 11.9. The van der Waals surface area contributed by atoms with Crippen LogP contribution >= 0.6 is 0 Å². The summed E-state index contributed by atoms with van der Waals surface area (Å²) in [5.74, 6) is 1.95. The van der Waals surface area contributed by atoms with Gasteiger partial charge in [-0.1, -0.05) is 0 Å². The number of furan rings is 1. The molecule has 4 heteroatoms. The molecule has 17 heavy (non-hydrogen) atoms. The standard InChI is InChI=1S/C13H19N3O/c1-10-4-5-13(17-10)8-14-6-7-16-9-15-11(2)12(16)3/h4-5,9,14H,6-8H2,1-3H3. The molecule has 0 amide bonds. The second-order valence-electron chi connectivity index (χ2n) is 4.30. The van der Waals surface area contributed by atoms with Crippen molar-refractivity contribution in [3.63, 3.8) is 0 Å². The predicted octanol–water partition coefficient (Wildman–Crippen LogP) is 2.19. The molecule has 92 valence electrons. The third-order valence-electron chi connectivity index (χ3n) is 2.97. The van der Waals surface area contributed by atoms with Gasteiger partial charge in [0.25, 0.3) is 0 Å². The maximum absolute atomic E-state index is 5.48. The van der Waals surface area contributed by atoms with Gasteiger partial charge in [-0.25, -0.2) is 4.98 Å². The number of hydrogen-bond acceptors (Lipinski definition) is 3. The molecule has 2 heterocycles. The maximum Gasteiger partial charge on any atom is 0.117 e. The van der Waals surface area contributed by atoms with Gasteiger partial charge in [0.15, 0.2) is 0 Å². The van der Waals surface area contributed by atoms with Crippen LogP contribution in [0.5, 0.6) is 0 Å². The van der Waals surface area contributed by atoms with Gasteiger partial charge >= 0.3 is 0 Å². The molecule has 0 fully saturated rings. The Labute approximate surface area is 102 Å². The molecular formula is C13H19N3O. The molecular weight excluding hydrogens is 214 g/mol. The van der Waals surface area contributed by atoms with Gasteiger partial charge in [-0.05, 0) is 32.9 Å². The zero-order valence-electron chi connectivity index (χ0n) is 10.7. The van der Waals surface area contributed by atoms with Crippen LogP contribution in [0, 0.1) is 20.8 Å². The summed E-state index contributed by atoms with van der Waals surface area (Å²) in [5, 5.41) is 3.36. The van der Waals surface area contributed by atoms with Gasteiger partial charge in [-0.15, -0.1) is 0 Å². The first-order valence-electron chi connectivity index (χ1n) is 5.91. The van der Waals surface area contributed by atoms with Gasteiger partial charge < -0.3 is 14.3 Å². The topological polar surface area (TPSA) is 43.0 Å². The summed E-state index contributed by atoms with van der Waals surface area (Å²) < 4.78 is 7.64. The van der Waals surface area contributed by atoms with Gasteiger partial charge in [0.1, 0.15) is 11.5 Å². The summed E-state index contributed by atoms with van der Waals surface area (Å²) in [5.41, 5.74) is 2.34. The summed E-state index contributed by atoms with van der Waals surface area (Å²) in [7, 11) is 0. The van der Waals surface area contributed by atoms with E-state index in [1.807, 2.05) is 32.3 Å². The summed E-state index contributed by atoms with van der Waals surface area (Å²) in [4.78, 5) is 4.27. The zero-order chi connectivity index (χ0) is 12.3. The molecule has 4 nitrogen and oxygen atoms in total. The number of nitrogens with zero attached hydrogens (tertiary/aromatic N) is 2. The quantitative estimate of drug-likeness (QED) is 0.805. The molecule has 0 saturated heterocycles.